The highest BCUT2D eigenvalue weighted by molar-refractivity contribution is 8.20. The third-order valence-corrected chi connectivity index (χ3v) is 19.6. The molecule has 0 saturated carbocycles. The second kappa shape index (κ2) is 36.5. The summed E-state index contributed by atoms with van der Waals surface area (Å²) in [4.78, 5) is 116. The monoisotopic (exact) mass is 1220 g/mol. The van der Waals surface area contributed by atoms with Gasteiger partial charge in [-0.05, 0) is 81.1 Å². The number of hydrogen-bond donors (Lipinski definition) is 3. The lowest BCUT2D eigenvalue weighted by molar-refractivity contribution is -0.149. The maximum absolute atomic E-state index is 14.5. The predicted octanol–water partition coefficient (Wildman–Crippen LogP) is 7.85. The Labute approximate surface area is 503 Å². The zero-order valence-corrected chi connectivity index (χ0v) is 52.8. The van der Waals surface area contributed by atoms with E-state index < -0.39 is 58.4 Å². The summed E-state index contributed by atoms with van der Waals surface area (Å²) in [5.41, 5.74) is 1.14. The molecule has 2 fully saturated rings. The van der Waals surface area contributed by atoms with E-state index in [-0.39, 0.29) is 143 Å². The van der Waals surface area contributed by atoms with Gasteiger partial charge in [-0.25, -0.2) is 4.98 Å². The number of ketones is 2. The van der Waals surface area contributed by atoms with Crippen molar-refractivity contribution in [3.05, 3.63) is 39.8 Å². The molecule has 1 aromatic heterocycles. The number of Topliss-reactive ketones (excluding diaryl/α,β-unsaturated/α-hetero) is 2. The lowest BCUT2D eigenvalue weighted by Gasteiger charge is -2.37. The summed E-state index contributed by atoms with van der Waals surface area (Å²) < 4.78 is 34.3. The Bertz CT molecular complexity index is 2430. The fourth-order valence-electron chi connectivity index (χ4n) is 10.4. The van der Waals surface area contributed by atoms with E-state index in [1.165, 1.54) is 41.8 Å². The highest BCUT2D eigenvalue weighted by atomic mass is 32.2. The quantitative estimate of drug-likeness (QED) is 0.0895. The van der Waals surface area contributed by atoms with Crippen LogP contribution in [0.15, 0.2) is 23.6 Å². The van der Waals surface area contributed by atoms with Gasteiger partial charge in [-0.3, -0.25) is 43.3 Å². The van der Waals surface area contributed by atoms with Crippen LogP contribution in [0.25, 0.3) is 0 Å². The van der Waals surface area contributed by atoms with Gasteiger partial charge in [0.15, 0.2) is 17.6 Å². The number of carbonyl (C=O) groups is 8. The Balaban J connectivity index is 1.27. The van der Waals surface area contributed by atoms with Gasteiger partial charge in [0.1, 0.15) is 21.7 Å². The van der Waals surface area contributed by atoms with E-state index in [0.29, 0.717) is 42.4 Å². The van der Waals surface area contributed by atoms with Crippen molar-refractivity contribution in [1.29, 1.82) is 0 Å². The van der Waals surface area contributed by atoms with Crippen LogP contribution in [0.1, 0.15) is 153 Å². The number of thiazole rings is 1. The molecule has 3 aliphatic rings. The molecule has 3 unspecified atom stereocenters. The normalized spacial score (nSPS) is 22.4. The van der Waals surface area contributed by atoms with Crippen LogP contribution in [0.2, 0.25) is 0 Å². The number of likely N-dealkylation sites (tertiary alicyclic amines) is 1. The largest absolute Gasteiger partial charge is 0.455 e. The van der Waals surface area contributed by atoms with Crippen LogP contribution in [0.4, 0.5) is 5.69 Å². The van der Waals surface area contributed by atoms with Gasteiger partial charge in [-0.1, -0.05) is 66.9 Å². The zero-order chi connectivity index (χ0) is 60.4. The number of esters is 2. The minimum atomic E-state index is -0.867. The van der Waals surface area contributed by atoms with E-state index >= 15 is 0 Å². The van der Waals surface area contributed by atoms with Crippen LogP contribution in [0, 0.1) is 23.7 Å². The summed E-state index contributed by atoms with van der Waals surface area (Å²) in [6.07, 6.45) is 5.56. The summed E-state index contributed by atoms with van der Waals surface area (Å²) in [5.74, 6) is -2.41. The predicted molar refractivity (Wildman–Crippen MR) is 323 cm³/mol. The standard InChI is InChI=1S/C60H92N6O14S3/c1-10-39(5)31-43(62-57(72)46-36-81-59(64-46)52(79-41(7)67)35-48(38(3)4)66(9)60(74)44(40(6)11-2)34-50(69)47-15-12-13-22-65(47)8)32-42-17-18-51-45(33-42)63-53(70)19-24-76-29-30-78-26-21-61-58(73)56-55(82-37-83-56)49(68)16-14-23-75-27-28-77-25-20-54(71)80-51/h17-18,33,36,38-40,43-44,47-48,52,55-56H,10-16,19-32,34-35,37H2,1-9H3,(H,61,73)(H,62,72)(H,63,70)/t39?,40-,43+,44-,47+,48+,52+,55?,56?/m0/s1. The number of aromatic nitrogens is 1. The first-order chi connectivity index (χ1) is 39.8. The molecule has 4 amide bonds. The maximum Gasteiger partial charge on any atom is 0.313 e. The van der Waals surface area contributed by atoms with E-state index in [9.17, 15) is 38.4 Å². The van der Waals surface area contributed by atoms with Crippen LogP contribution >= 0.6 is 34.9 Å². The molecule has 20 nitrogen and oxygen atoms in total. The Kier molecular flexibility index (Phi) is 30.5. The number of rotatable bonds is 19. The number of anilines is 1. The number of benzene rings is 1. The highest BCUT2D eigenvalue weighted by Gasteiger charge is 2.40. The summed E-state index contributed by atoms with van der Waals surface area (Å²) in [6.45, 7) is 16.3. The first-order valence-electron chi connectivity index (χ1n) is 29.7. The summed E-state index contributed by atoms with van der Waals surface area (Å²) in [5, 5.41) is 10.8. The second-order valence-corrected chi connectivity index (χ2v) is 25.9. The molecule has 3 N–H and O–H groups in total. The smallest absolute Gasteiger partial charge is 0.313 e. The molecular formula is C60H92N6O14S3. The van der Waals surface area contributed by atoms with Crippen molar-refractivity contribution >= 4 is 87.7 Å². The minimum absolute atomic E-state index is 0.0194. The van der Waals surface area contributed by atoms with E-state index in [1.807, 2.05) is 34.7 Å². The van der Waals surface area contributed by atoms with Gasteiger partial charge in [0, 0.05) is 74.9 Å². The van der Waals surface area contributed by atoms with E-state index in [4.69, 9.17) is 33.4 Å². The average Bonchev–Trinajstić information content (AvgIpc) is 4.38. The average molecular weight is 1220 g/mol. The van der Waals surface area contributed by atoms with E-state index in [1.54, 1.807) is 35.5 Å². The molecule has 2 aromatic rings. The van der Waals surface area contributed by atoms with Crippen LogP contribution in [0.5, 0.6) is 5.75 Å². The number of fused-ring (bicyclic) bond motifs is 2. The van der Waals surface area contributed by atoms with Crippen LogP contribution in [0.3, 0.4) is 0 Å². The first kappa shape index (κ1) is 69.3. The van der Waals surface area contributed by atoms with Crippen LogP contribution in [-0.2, 0) is 63.7 Å². The van der Waals surface area contributed by atoms with Gasteiger partial charge in [-0.15, -0.1) is 34.9 Å². The van der Waals surface area contributed by atoms with Gasteiger partial charge in [0.2, 0.25) is 17.7 Å². The second-order valence-electron chi connectivity index (χ2n) is 22.4. The molecule has 0 radical (unpaired) electrons. The van der Waals surface area contributed by atoms with Crippen molar-refractivity contribution in [1.82, 2.24) is 25.4 Å². The number of likely N-dealkylation sites (N-methyl/N-ethyl adjacent to an activating group) is 1. The molecule has 1 aromatic carbocycles. The molecule has 9 atom stereocenters. The molecule has 83 heavy (non-hydrogen) atoms. The minimum Gasteiger partial charge on any atom is -0.455 e. The third-order valence-electron chi connectivity index (χ3n) is 15.6. The number of nitrogens with zero attached hydrogens (tertiary/aromatic N) is 3. The van der Waals surface area contributed by atoms with Crippen LogP contribution in [-0.4, -0.2) is 176 Å². The Morgan fingerprint density at radius 1 is 0.855 bits per heavy atom. The highest BCUT2D eigenvalue weighted by Crippen LogP contribution is 2.38. The zero-order valence-electron chi connectivity index (χ0n) is 50.3. The molecule has 464 valence electrons. The molecule has 3 aliphatic heterocycles. The molecule has 5 rings (SSSR count). The Morgan fingerprint density at radius 3 is 2.24 bits per heavy atom. The van der Waals surface area contributed by atoms with Crippen LogP contribution < -0.4 is 20.7 Å². The number of nitrogens with one attached hydrogen (secondary N) is 3. The number of carbonyl (C=O) groups excluding carboxylic acids is 8. The van der Waals surface area contributed by atoms with Gasteiger partial charge in [-0.2, -0.15) is 0 Å². The van der Waals surface area contributed by atoms with Crippen molar-refractivity contribution in [2.24, 2.45) is 23.7 Å². The van der Waals surface area contributed by atoms with Gasteiger partial charge in [0.05, 0.1) is 76.1 Å². The summed E-state index contributed by atoms with van der Waals surface area (Å²) in [7, 11) is 3.74. The third kappa shape index (κ3) is 23.0. The number of hydrogen-bond acceptors (Lipinski definition) is 19. The molecule has 0 aliphatic carbocycles. The van der Waals surface area contributed by atoms with Crippen molar-refractivity contribution in [2.45, 2.75) is 167 Å². The summed E-state index contributed by atoms with van der Waals surface area (Å²) >= 11 is 4.14. The SMILES string of the molecule is CCC(C)C[C@H](Cc1ccc2c(c1)NC(=O)CCOCCOCCNC(=O)C1SCSC1C(=O)CCCOCCOCCC(=O)O2)NC(=O)c1csc([C@@H](C[C@H](C(C)C)N(C)C(=O)[C@@H](CC(=O)[C@H]2CCCCN2C)[C@@H](C)CC)OC(C)=O)n1. The molecule has 23 heteroatoms. The molecule has 2 saturated heterocycles. The fourth-order valence-corrected chi connectivity index (χ4v) is 14.4. The van der Waals surface area contributed by atoms with Gasteiger partial charge >= 0.3 is 11.9 Å². The lowest BCUT2D eigenvalue weighted by Crippen LogP contribution is -2.48. The summed E-state index contributed by atoms with van der Waals surface area (Å²) in [6, 6.07) is 4.13. The Morgan fingerprint density at radius 2 is 1.55 bits per heavy atom. The maximum atomic E-state index is 14.5. The molecule has 0 spiro atoms. The number of ether oxygens (including phenoxy) is 6. The Hall–Kier alpha value is -4.49. The first-order valence-corrected chi connectivity index (χ1v) is 32.7. The fraction of sp³-hybridized carbons (Fsp3) is 0.717. The number of thioether (sulfide) groups is 2. The van der Waals surface area contributed by atoms with Crippen molar-refractivity contribution in [3.8, 4) is 5.75 Å². The number of amides is 4. The molecule has 0 bridgehead atoms. The van der Waals surface area contributed by atoms with E-state index in [0.717, 1.165) is 44.2 Å². The number of piperidine rings is 1. The molecule has 4 heterocycles. The topological polar surface area (TPSA) is 247 Å². The molecular weight excluding hydrogens is 1120 g/mol. The van der Waals surface area contributed by atoms with Gasteiger partial charge < -0.3 is 49.3 Å². The van der Waals surface area contributed by atoms with Crippen molar-refractivity contribution in [2.75, 3.05) is 90.4 Å². The lowest BCUT2D eigenvalue weighted by atomic mass is 9.83. The van der Waals surface area contributed by atoms with Crippen molar-refractivity contribution in [3.63, 3.8) is 0 Å². The van der Waals surface area contributed by atoms with E-state index in [2.05, 4.69) is 34.7 Å². The van der Waals surface area contributed by atoms with Gasteiger partial charge in [0.25, 0.3) is 5.91 Å². The van der Waals surface area contributed by atoms with Crippen molar-refractivity contribution < 1.29 is 66.8 Å².